The molecular formula is C16H31NO3. The van der Waals surface area contributed by atoms with Crippen LogP contribution < -0.4 is 5.32 Å². The van der Waals surface area contributed by atoms with E-state index < -0.39 is 0 Å². The standard InChI is InChI=1S/C16H31NO3/c1-4-13-11-14(12(2)3)5-6-15(13)16(19)17-7-9-20-10-8-18/h12-15,18H,4-11H2,1-3H3,(H,17,19). The first-order chi connectivity index (χ1) is 9.60. The van der Waals surface area contributed by atoms with Crippen molar-refractivity contribution in [1.29, 1.82) is 0 Å². The number of rotatable bonds is 8. The zero-order valence-corrected chi connectivity index (χ0v) is 13.2. The molecule has 0 bridgehead atoms. The molecule has 1 saturated carbocycles. The molecule has 0 aliphatic heterocycles. The summed E-state index contributed by atoms with van der Waals surface area (Å²) in [7, 11) is 0. The van der Waals surface area contributed by atoms with Crippen molar-refractivity contribution >= 4 is 5.91 Å². The van der Waals surface area contributed by atoms with Crippen LogP contribution in [-0.4, -0.2) is 37.4 Å². The van der Waals surface area contributed by atoms with Crippen molar-refractivity contribution in [2.45, 2.75) is 46.5 Å². The molecule has 0 aromatic heterocycles. The summed E-state index contributed by atoms with van der Waals surface area (Å²) in [6.45, 7) is 8.16. The van der Waals surface area contributed by atoms with Crippen LogP contribution in [0.1, 0.15) is 46.5 Å². The van der Waals surface area contributed by atoms with Gasteiger partial charge in [0.25, 0.3) is 0 Å². The number of carbonyl (C=O) groups excluding carboxylic acids is 1. The molecule has 4 heteroatoms. The van der Waals surface area contributed by atoms with Gasteiger partial charge in [-0.2, -0.15) is 0 Å². The summed E-state index contributed by atoms with van der Waals surface area (Å²) in [5.41, 5.74) is 0. The SMILES string of the molecule is CCC1CC(C(C)C)CCC1C(=O)NCCOCCO. The van der Waals surface area contributed by atoms with E-state index in [4.69, 9.17) is 9.84 Å². The maximum Gasteiger partial charge on any atom is 0.223 e. The third-order valence-electron chi connectivity index (χ3n) is 4.61. The minimum atomic E-state index is 0.0328. The lowest BCUT2D eigenvalue weighted by Gasteiger charge is -2.36. The molecule has 0 radical (unpaired) electrons. The van der Waals surface area contributed by atoms with Crippen molar-refractivity contribution in [3.8, 4) is 0 Å². The van der Waals surface area contributed by atoms with Gasteiger partial charge in [-0.1, -0.05) is 27.2 Å². The van der Waals surface area contributed by atoms with Crippen LogP contribution in [0.25, 0.3) is 0 Å². The molecule has 1 aliphatic carbocycles. The second-order valence-corrected chi connectivity index (χ2v) is 6.22. The fourth-order valence-electron chi connectivity index (χ4n) is 3.25. The molecule has 1 aliphatic rings. The first-order valence-corrected chi connectivity index (χ1v) is 8.06. The predicted molar refractivity (Wildman–Crippen MR) is 80.4 cm³/mol. The fourth-order valence-corrected chi connectivity index (χ4v) is 3.25. The van der Waals surface area contributed by atoms with Crippen molar-refractivity contribution in [2.24, 2.45) is 23.7 Å². The monoisotopic (exact) mass is 285 g/mol. The smallest absolute Gasteiger partial charge is 0.223 e. The molecule has 2 N–H and O–H groups in total. The van der Waals surface area contributed by atoms with Crippen molar-refractivity contribution in [3.63, 3.8) is 0 Å². The Kier molecular flexibility index (Phi) is 8.15. The van der Waals surface area contributed by atoms with Crippen LogP contribution in [0.4, 0.5) is 0 Å². The minimum absolute atomic E-state index is 0.0328. The number of carbonyl (C=O) groups is 1. The molecule has 0 aromatic carbocycles. The molecule has 3 atom stereocenters. The molecule has 1 rings (SSSR count). The van der Waals surface area contributed by atoms with Crippen LogP contribution in [0.2, 0.25) is 0 Å². The predicted octanol–water partition coefficient (Wildman–Crippen LogP) is 2.21. The van der Waals surface area contributed by atoms with Gasteiger partial charge >= 0.3 is 0 Å². The fraction of sp³-hybridized carbons (Fsp3) is 0.938. The summed E-state index contributed by atoms with van der Waals surface area (Å²) in [4.78, 5) is 12.3. The van der Waals surface area contributed by atoms with Crippen LogP contribution >= 0.6 is 0 Å². The molecule has 0 saturated heterocycles. The Hall–Kier alpha value is -0.610. The highest BCUT2D eigenvalue weighted by Crippen LogP contribution is 2.39. The highest BCUT2D eigenvalue weighted by atomic mass is 16.5. The van der Waals surface area contributed by atoms with Crippen molar-refractivity contribution < 1.29 is 14.6 Å². The van der Waals surface area contributed by atoms with Gasteiger partial charge in [-0.25, -0.2) is 0 Å². The highest BCUT2D eigenvalue weighted by molar-refractivity contribution is 5.79. The van der Waals surface area contributed by atoms with E-state index in [1.807, 2.05) is 0 Å². The van der Waals surface area contributed by atoms with Gasteiger partial charge in [-0.05, 0) is 37.0 Å². The summed E-state index contributed by atoms with van der Waals surface area (Å²) in [6, 6.07) is 0. The molecule has 1 amide bonds. The molecule has 0 aromatic rings. The van der Waals surface area contributed by atoms with Crippen molar-refractivity contribution in [2.75, 3.05) is 26.4 Å². The Labute approximate surface area is 123 Å². The average molecular weight is 285 g/mol. The largest absolute Gasteiger partial charge is 0.394 e. The van der Waals surface area contributed by atoms with Crippen LogP contribution in [0, 0.1) is 23.7 Å². The molecule has 20 heavy (non-hydrogen) atoms. The first-order valence-electron chi connectivity index (χ1n) is 8.06. The van der Waals surface area contributed by atoms with Crippen LogP contribution in [0.5, 0.6) is 0 Å². The lowest BCUT2D eigenvalue weighted by Crippen LogP contribution is -2.40. The first kappa shape index (κ1) is 17.4. The second kappa shape index (κ2) is 9.35. The van der Waals surface area contributed by atoms with Gasteiger partial charge in [0, 0.05) is 12.5 Å². The molecule has 0 heterocycles. The molecule has 4 nitrogen and oxygen atoms in total. The van der Waals surface area contributed by atoms with Crippen LogP contribution in [0.3, 0.4) is 0 Å². The maximum atomic E-state index is 12.3. The maximum absolute atomic E-state index is 12.3. The van der Waals surface area contributed by atoms with E-state index >= 15 is 0 Å². The number of aliphatic hydroxyl groups excluding tert-OH is 1. The number of aliphatic hydroxyl groups is 1. The van der Waals surface area contributed by atoms with Gasteiger partial charge < -0.3 is 15.2 Å². The summed E-state index contributed by atoms with van der Waals surface area (Å²) in [6.07, 6.45) is 4.47. The van der Waals surface area contributed by atoms with Gasteiger partial charge in [0.05, 0.1) is 19.8 Å². The number of nitrogens with one attached hydrogen (secondary N) is 1. The third-order valence-corrected chi connectivity index (χ3v) is 4.61. The number of hydrogen-bond acceptors (Lipinski definition) is 3. The lowest BCUT2D eigenvalue weighted by molar-refractivity contribution is -0.128. The van der Waals surface area contributed by atoms with Crippen molar-refractivity contribution in [3.05, 3.63) is 0 Å². The van der Waals surface area contributed by atoms with E-state index in [0.29, 0.717) is 25.7 Å². The normalized spacial score (nSPS) is 26.8. The highest BCUT2D eigenvalue weighted by Gasteiger charge is 2.34. The van der Waals surface area contributed by atoms with Gasteiger partial charge in [0.15, 0.2) is 0 Å². The van der Waals surface area contributed by atoms with Gasteiger partial charge in [0.2, 0.25) is 5.91 Å². The van der Waals surface area contributed by atoms with E-state index in [-0.39, 0.29) is 18.4 Å². The summed E-state index contributed by atoms with van der Waals surface area (Å²) in [5.74, 6) is 2.38. The quantitative estimate of drug-likeness (QED) is 0.672. The molecule has 3 unspecified atom stereocenters. The third kappa shape index (κ3) is 5.41. The zero-order chi connectivity index (χ0) is 15.0. The second-order valence-electron chi connectivity index (χ2n) is 6.22. The minimum Gasteiger partial charge on any atom is -0.394 e. The van der Waals surface area contributed by atoms with Crippen molar-refractivity contribution in [1.82, 2.24) is 5.32 Å². The van der Waals surface area contributed by atoms with E-state index in [0.717, 1.165) is 24.7 Å². The Balaban J connectivity index is 2.35. The summed E-state index contributed by atoms with van der Waals surface area (Å²) in [5, 5.41) is 11.6. The van der Waals surface area contributed by atoms with Gasteiger partial charge in [-0.3, -0.25) is 4.79 Å². The molecular weight excluding hydrogens is 254 g/mol. The van der Waals surface area contributed by atoms with Gasteiger partial charge in [0.1, 0.15) is 0 Å². The Morgan fingerprint density at radius 1 is 1.35 bits per heavy atom. The molecule has 0 spiro atoms. The average Bonchev–Trinajstić information content (AvgIpc) is 2.46. The molecule has 1 fully saturated rings. The van der Waals surface area contributed by atoms with Gasteiger partial charge in [-0.15, -0.1) is 0 Å². The van der Waals surface area contributed by atoms with E-state index in [1.54, 1.807) is 0 Å². The lowest BCUT2D eigenvalue weighted by atomic mass is 9.69. The summed E-state index contributed by atoms with van der Waals surface area (Å²) >= 11 is 0. The molecule has 118 valence electrons. The number of ether oxygens (including phenoxy) is 1. The summed E-state index contributed by atoms with van der Waals surface area (Å²) < 4.78 is 5.16. The Morgan fingerprint density at radius 3 is 2.70 bits per heavy atom. The van der Waals surface area contributed by atoms with Crippen LogP contribution in [0.15, 0.2) is 0 Å². The van der Waals surface area contributed by atoms with Crippen LogP contribution in [-0.2, 0) is 9.53 Å². The Morgan fingerprint density at radius 2 is 2.10 bits per heavy atom. The number of hydrogen-bond donors (Lipinski definition) is 2. The topological polar surface area (TPSA) is 58.6 Å². The zero-order valence-electron chi connectivity index (χ0n) is 13.2. The number of amides is 1. The van der Waals surface area contributed by atoms with E-state index in [9.17, 15) is 4.79 Å². The van der Waals surface area contributed by atoms with E-state index in [2.05, 4.69) is 26.1 Å². The van der Waals surface area contributed by atoms with E-state index in [1.165, 1.54) is 12.8 Å². The Bertz CT molecular complexity index is 281.